The number of aromatic nitrogens is 4. The maximum atomic E-state index is 4.41. The van der Waals surface area contributed by atoms with Crippen molar-refractivity contribution in [3.05, 3.63) is 72.3 Å². The fourth-order valence-corrected chi connectivity index (χ4v) is 4.05. The molecular formula is C20H16N4. The minimum atomic E-state index is -0.0518. The lowest BCUT2D eigenvalue weighted by molar-refractivity contribution is 0.666. The predicted octanol–water partition coefficient (Wildman–Crippen LogP) is 4.12. The molecule has 4 heteroatoms. The summed E-state index contributed by atoms with van der Waals surface area (Å²) in [5, 5.41) is 1.26. The van der Waals surface area contributed by atoms with Crippen LogP contribution in [0.3, 0.4) is 0 Å². The van der Waals surface area contributed by atoms with Crippen molar-refractivity contribution >= 4 is 10.9 Å². The third-order valence-electron chi connectivity index (χ3n) is 5.03. The quantitative estimate of drug-likeness (QED) is 0.531. The first-order chi connectivity index (χ1) is 11.7. The molecule has 0 bridgehead atoms. The highest BCUT2D eigenvalue weighted by Crippen LogP contribution is 2.53. The van der Waals surface area contributed by atoms with Crippen LogP contribution in [0.5, 0.6) is 0 Å². The van der Waals surface area contributed by atoms with Gasteiger partial charge in [0, 0.05) is 16.4 Å². The number of hydrogen-bond donors (Lipinski definition) is 0. The second-order valence-corrected chi connectivity index (χ2v) is 6.68. The van der Waals surface area contributed by atoms with Crippen molar-refractivity contribution in [2.45, 2.75) is 19.3 Å². The lowest BCUT2D eigenvalue weighted by atomic mass is 9.81. The Morgan fingerprint density at radius 3 is 2.42 bits per heavy atom. The average Bonchev–Trinajstić information content (AvgIpc) is 3.08. The standard InChI is InChI=1S/C20H16N4/c1-20(2)15-9-5-3-7-13(15)18-17(20)14-8-4-6-10-16(14)24(18)19-22-11-21-12-23-19/h3-12H,1-2H3. The van der Waals surface area contributed by atoms with Gasteiger partial charge in [0.2, 0.25) is 5.95 Å². The zero-order chi connectivity index (χ0) is 16.3. The van der Waals surface area contributed by atoms with Crippen LogP contribution < -0.4 is 0 Å². The van der Waals surface area contributed by atoms with Crippen LogP contribution in [0, 0.1) is 0 Å². The molecule has 0 saturated carbocycles. The minimum Gasteiger partial charge on any atom is -0.278 e. The molecule has 0 saturated heterocycles. The summed E-state index contributed by atoms with van der Waals surface area (Å²) in [5.41, 5.74) is 6.24. The molecule has 1 aliphatic carbocycles. The van der Waals surface area contributed by atoms with E-state index in [1.165, 1.54) is 27.8 Å². The Labute approximate surface area is 139 Å². The van der Waals surface area contributed by atoms with E-state index in [2.05, 4.69) is 81.9 Å². The first-order valence-electron chi connectivity index (χ1n) is 8.06. The molecule has 4 aromatic rings. The Kier molecular flexibility index (Phi) is 2.52. The molecule has 0 N–H and O–H groups in total. The summed E-state index contributed by atoms with van der Waals surface area (Å²) in [6.07, 6.45) is 3.10. The first kappa shape index (κ1) is 13.4. The Balaban J connectivity index is 2.01. The topological polar surface area (TPSA) is 43.6 Å². The highest BCUT2D eigenvalue weighted by molar-refractivity contribution is 5.98. The summed E-state index contributed by atoms with van der Waals surface area (Å²) in [6, 6.07) is 17.1. The molecule has 116 valence electrons. The van der Waals surface area contributed by atoms with Gasteiger partial charge in [0.15, 0.2) is 0 Å². The number of para-hydroxylation sites is 1. The van der Waals surface area contributed by atoms with Gasteiger partial charge in [-0.2, -0.15) is 0 Å². The number of hydrogen-bond acceptors (Lipinski definition) is 3. The highest BCUT2D eigenvalue weighted by Gasteiger charge is 2.40. The van der Waals surface area contributed by atoms with Crippen molar-refractivity contribution < 1.29 is 0 Å². The first-order valence-corrected chi connectivity index (χ1v) is 8.06. The molecule has 2 aromatic carbocycles. The van der Waals surface area contributed by atoms with E-state index in [0.717, 1.165) is 5.52 Å². The van der Waals surface area contributed by atoms with Crippen molar-refractivity contribution in [1.82, 2.24) is 19.5 Å². The molecule has 0 radical (unpaired) electrons. The molecule has 4 nitrogen and oxygen atoms in total. The molecule has 0 unspecified atom stereocenters. The molecule has 0 amide bonds. The van der Waals surface area contributed by atoms with Crippen LogP contribution in [0.4, 0.5) is 0 Å². The van der Waals surface area contributed by atoms with Gasteiger partial charge in [-0.15, -0.1) is 0 Å². The minimum absolute atomic E-state index is 0.0518. The van der Waals surface area contributed by atoms with Crippen molar-refractivity contribution in [3.63, 3.8) is 0 Å². The third-order valence-corrected chi connectivity index (χ3v) is 5.03. The summed E-state index contributed by atoms with van der Waals surface area (Å²) in [5.74, 6) is 0.662. The van der Waals surface area contributed by atoms with Gasteiger partial charge in [-0.3, -0.25) is 4.57 Å². The summed E-state index contributed by atoms with van der Waals surface area (Å²) in [6.45, 7) is 4.59. The third kappa shape index (κ3) is 1.55. The van der Waals surface area contributed by atoms with Crippen LogP contribution in [0.15, 0.2) is 61.2 Å². The normalized spacial score (nSPS) is 14.6. The van der Waals surface area contributed by atoms with Crippen LogP contribution in [0.25, 0.3) is 28.1 Å². The fraction of sp³-hybridized carbons (Fsp3) is 0.150. The summed E-state index contributed by atoms with van der Waals surface area (Å²) in [4.78, 5) is 12.8. The van der Waals surface area contributed by atoms with Gasteiger partial charge in [-0.05, 0) is 17.2 Å². The van der Waals surface area contributed by atoms with Gasteiger partial charge in [-0.25, -0.2) is 15.0 Å². The second-order valence-electron chi connectivity index (χ2n) is 6.68. The summed E-state index contributed by atoms with van der Waals surface area (Å²) in [7, 11) is 0. The monoisotopic (exact) mass is 312 g/mol. The van der Waals surface area contributed by atoms with E-state index in [4.69, 9.17) is 0 Å². The van der Waals surface area contributed by atoms with Crippen LogP contribution in [-0.2, 0) is 5.41 Å². The summed E-state index contributed by atoms with van der Waals surface area (Å²) < 4.78 is 2.17. The van der Waals surface area contributed by atoms with E-state index in [9.17, 15) is 0 Å². The molecule has 0 fully saturated rings. The maximum Gasteiger partial charge on any atom is 0.237 e. The SMILES string of the molecule is CC1(C)c2ccccc2-c2c1c1ccccc1n2-c1ncncn1. The number of nitrogens with zero attached hydrogens (tertiary/aromatic N) is 4. The van der Waals surface area contributed by atoms with Gasteiger partial charge < -0.3 is 0 Å². The van der Waals surface area contributed by atoms with Gasteiger partial charge in [0.25, 0.3) is 0 Å². The molecule has 2 aromatic heterocycles. The van der Waals surface area contributed by atoms with Crippen LogP contribution in [0.2, 0.25) is 0 Å². The molecule has 2 heterocycles. The molecule has 5 rings (SSSR count). The number of benzene rings is 2. The molecule has 24 heavy (non-hydrogen) atoms. The predicted molar refractivity (Wildman–Crippen MR) is 94.2 cm³/mol. The van der Waals surface area contributed by atoms with Crippen LogP contribution in [0.1, 0.15) is 25.0 Å². The fourth-order valence-electron chi connectivity index (χ4n) is 4.05. The zero-order valence-corrected chi connectivity index (χ0v) is 13.6. The van der Waals surface area contributed by atoms with Crippen LogP contribution in [-0.4, -0.2) is 19.5 Å². The van der Waals surface area contributed by atoms with Gasteiger partial charge in [0.1, 0.15) is 12.7 Å². The Morgan fingerprint density at radius 1 is 0.875 bits per heavy atom. The van der Waals surface area contributed by atoms with Crippen molar-refractivity contribution in [3.8, 4) is 17.2 Å². The van der Waals surface area contributed by atoms with Crippen molar-refractivity contribution in [2.75, 3.05) is 0 Å². The van der Waals surface area contributed by atoms with Gasteiger partial charge in [-0.1, -0.05) is 56.3 Å². The van der Waals surface area contributed by atoms with E-state index in [1.54, 1.807) is 12.7 Å². The van der Waals surface area contributed by atoms with E-state index in [1.807, 2.05) is 0 Å². The van der Waals surface area contributed by atoms with Crippen molar-refractivity contribution in [1.29, 1.82) is 0 Å². The second kappa shape index (κ2) is 4.51. The molecule has 0 spiro atoms. The number of fused-ring (bicyclic) bond motifs is 5. The molecule has 1 aliphatic rings. The van der Waals surface area contributed by atoms with Crippen molar-refractivity contribution in [2.24, 2.45) is 0 Å². The lowest BCUT2D eigenvalue weighted by Crippen LogP contribution is -2.14. The Hall–Kier alpha value is -3.01. The van der Waals surface area contributed by atoms with E-state index in [-0.39, 0.29) is 5.41 Å². The van der Waals surface area contributed by atoms with E-state index < -0.39 is 0 Å². The lowest BCUT2D eigenvalue weighted by Gasteiger charge is -2.21. The Bertz CT molecular complexity index is 1080. The van der Waals surface area contributed by atoms with Gasteiger partial charge >= 0.3 is 0 Å². The number of rotatable bonds is 1. The average molecular weight is 312 g/mol. The highest BCUT2D eigenvalue weighted by atomic mass is 15.2. The Morgan fingerprint density at radius 2 is 1.58 bits per heavy atom. The molecular weight excluding hydrogens is 296 g/mol. The zero-order valence-electron chi connectivity index (χ0n) is 13.6. The largest absolute Gasteiger partial charge is 0.278 e. The molecule has 0 aliphatic heterocycles. The van der Waals surface area contributed by atoms with E-state index >= 15 is 0 Å². The summed E-state index contributed by atoms with van der Waals surface area (Å²) >= 11 is 0. The smallest absolute Gasteiger partial charge is 0.237 e. The van der Waals surface area contributed by atoms with E-state index in [0.29, 0.717) is 5.95 Å². The van der Waals surface area contributed by atoms with Gasteiger partial charge in [0.05, 0.1) is 11.2 Å². The molecule has 0 atom stereocenters. The van der Waals surface area contributed by atoms with Crippen LogP contribution >= 0.6 is 0 Å². The maximum absolute atomic E-state index is 4.41.